The van der Waals surface area contributed by atoms with Gasteiger partial charge in [-0.05, 0) is 54.9 Å². The molecule has 0 spiro atoms. The van der Waals surface area contributed by atoms with Gasteiger partial charge >= 0.3 is 0 Å². The van der Waals surface area contributed by atoms with E-state index in [1.165, 1.54) is 24.0 Å². The fraction of sp³-hybridized carbons (Fsp3) is 0.647. The van der Waals surface area contributed by atoms with Crippen LogP contribution >= 0.6 is 0 Å². The highest BCUT2D eigenvalue weighted by molar-refractivity contribution is 5.40. The highest BCUT2D eigenvalue weighted by atomic mass is 16.5. The largest absolute Gasteiger partial charge is 0.497 e. The van der Waals surface area contributed by atoms with E-state index in [0.717, 1.165) is 38.0 Å². The predicted molar refractivity (Wildman–Crippen MR) is 80.0 cm³/mol. The quantitative estimate of drug-likeness (QED) is 0.888. The lowest BCUT2D eigenvalue weighted by Crippen LogP contribution is -2.35. The normalized spacial score (nSPS) is 29.2. The molecule has 0 aromatic heterocycles. The van der Waals surface area contributed by atoms with Crippen molar-refractivity contribution in [3.05, 3.63) is 29.3 Å². The summed E-state index contributed by atoms with van der Waals surface area (Å²) in [6.07, 6.45) is 6.77. The maximum atomic E-state index is 10.1. The van der Waals surface area contributed by atoms with Crippen LogP contribution in [0.15, 0.2) is 18.2 Å². The third-order valence-electron chi connectivity index (χ3n) is 4.93. The maximum Gasteiger partial charge on any atom is 0.119 e. The molecule has 2 aliphatic carbocycles. The number of nitrogens with one attached hydrogen (secondary N) is 1. The number of aryl methyl sites for hydroxylation is 1. The van der Waals surface area contributed by atoms with E-state index in [9.17, 15) is 5.11 Å². The Bertz CT molecular complexity index is 460. The molecule has 0 amide bonds. The van der Waals surface area contributed by atoms with Crippen molar-refractivity contribution in [1.82, 2.24) is 5.32 Å². The molecule has 3 unspecified atom stereocenters. The number of benzene rings is 1. The van der Waals surface area contributed by atoms with Crippen LogP contribution in [0, 0.1) is 5.92 Å². The molecule has 3 atom stereocenters. The second-order valence-electron chi connectivity index (χ2n) is 6.18. The zero-order valence-electron chi connectivity index (χ0n) is 12.3. The van der Waals surface area contributed by atoms with Crippen molar-refractivity contribution in [3.8, 4) is 5.75 Å². The first-order valence-electron chi connectivity index (χ1n) is 7.86. The van der Waals surface area contributed by atoms with Crippen molar-refractivity contribution in [2.45, 2.75) is 50.7 Å². The van der Waals surface area contributed by atoms with Gasteiger partial charge in [-0.2, -0.15) is 0 Å². The standard InChI is InChI=1S/C17H25NO2/c1-20-14-8-6-12-7-9-16(15(12)10-14)18-11-13-4-2-3-5-17(13)19/h6,8,10,13,16-19H,2-5,7,9,11H2,1H3. The number of methoxy groups -OCH3 is 1. The van der Waals surface area contributed by atoms with Gasteiger partial charge in [0.1, 0.15) is 5.75 Å². The van der Waals surface area contributed by atoms with Crippen molar-refractivity contribution >= 4 is 0 Å². The lowest BCUT2D eigenvalue weighted by atomic mass is 9.86. The van der Waals surface area contributed by atoms with Gasteiger partial charge < -0.3 is 15.2 Å². The Hall–Kier alpha value is -1.06. The average Bonchev–Trinajstić information content (AvgIpc) is 2.88. The minimum atomic E-state index is -0.109. The van der Waals surface area contributed by atoms with Crippen LogP contribution in [0.5, 0.6) is 5.75 Å². The molecule has 0 saturated heterocycles. The molecule has 0 bridgehead atoms. The summed E-state index contributed by atoms with van der Waals surface area (Å²) in [6.45, 7) is 0.933. The fourth-order valence-electron chi connectivity index (χ4n) is 3.64. The van der Waals surface area contributed by atoms with E-state index in [2.05, 4.69) is 17.4 Å². The summed E-state index contributed by atoms with van der Waals surface area (Å²) in [6, 6.07) is 6.82. The van der Waals surface area contributed by atoms with Crippen LogP contribution in [0.1, 0.15) is 49.3 Å². The van der Waals surface area contributed by atoms with Gasteiger partial charge in [0.05, 0.1) is 13.2 Å². The van der Waals surface area contributed by atoms with Crippen LogP contribution < -0.4 is 10.1 Å². The molecule has 3 heteroatoms. The third-order valence-corrected chi connectivity index (χ3v) is 4.93. The van der Waals surface area contributed by atoms with Crippen LogP contribution in [0.4, 0.5) is 0 Å². The molecule has 0 radical (unpaired) electrons. The second kappa shape index (κ2) is 6.15. The molecular weight excluding hydrogens is 250 g/mol. The molecular formula is C17H25NO2. The average molecular weight is 275 g/mol. The van der Waals surface area contributed by atoms with Crippen molar-refractivity contribution in [3.63, 3.8) is 0 Å². The first-order valence-corrected chi connectivity index (χ1v) is 7.86. The number of ether oxygens (including phenoxy) is 1. The van der Waals surface area contributed by atoms with Gasteiger partial charge in [-0.25, -0.2) is 0 Å². The Morgan fingerprint density at radius 1 is 1.25 bits per heavy atom. The number of rotatable bonds is 4. The summed E-state index contributed by atoms with van der Waals surface area (Å²) in [4.78, 5) is 0. The number of aliphatic hydroxyl groups excluding tert-OH is 1. The molecule has 1 aromatic rings. The minimum absolute atomic E-state index is 0.109. The molecule has 1 saturated carbocycles. The van der Waals surface area contributed by atoms with E-state index in [1.54, 1.807) is 7.11 Å². The predicted octanol–water partition coefficient (Wildman–Crippen LogP) is 2.82. The molecule has 2 N–H and O–H groups in total. The smallest absolute Gasteiger partial charge is 0.119 e. The molecule has 0 heterocycles. The zero-order valence-corrected chi connectivity index (χ0v) is 12.3. The monoisotopic (exact) mass is 275 g/mol. The van der Waals surface area contributed by atoms with Gasteiger partial charge in [0, 0.05) is 12.6 Å². The second-order valence-corrected chi connectivity index (χ2v) is 6.18. The van der Waals surface area contributed by atoms with Crippen molar-refractivity contribution in [1.29, 1.82) is 0 Å². The van der Waals surface area contributed by atoms with E-state index in [4.69, 9.17) is 4.74 Å². The first-order chi connectivity index (χ1) is 9.78. The summed E-state index contributed by atoms with van der Waals surface area (Å²) in [5.41, 5.74) is 2.82. The summed E-state index contributed by atoms with van der Waals surface area (Å²) < 4.78 is 5.33. The Kier molecular flexibility index (Phi) is 4.27. The topological polar surface area (TPSA) is 41.5 Å². The first kappa shape index (κ1) is 13.9. The lowest BCUT2D eigenvalue weighted by Gasteiger charge is -2.29. The Morgan fingerprint density at radius 3 is 2.90 bits per heavy atom. The molecule has 2 aliphatic rings. The highest BCUT2D eigenvalue weighted by Gasteiger charge is 2.26. The van der Waals surface area contributed by atoms with E-state index < -0.39 is 0 Å². The van der Waals surface area contributed by atoms with Crippen molar-refractivity contribution in [2.75, 3.05) is 13.7 Å². The van der Waals surface area contributed by atoms with Crippen LogP contribution in [-0.4, -0.2) is 24.9 Å². The minimum Gasteiger partial charge on any atom is -0.497 e. The van der Waals surface area contributed by atoms with Crippen molar-refractivity contribution in [2.24, 2.45) is 5.92 Å². The summed E-state index contributed by atoms with van der Waals surface area (Å²) in [5.74, 6) is 1.37. The van der Waals surface area contributed by atoms with E-state index >= 15 is 0 Å². The molecule has 1 aromatic carbocycles. The van der Waals surface area contributed by atoms with E-state index in [0.29, 0.717) is 12.0 Å². The Balaban J connectivity index is 1.62. The van der Waals surface area contributed by atoms with Crippen molar-refractivity contribution < 1.29 is 9.84 Å². The van der Waals surface area contributed by atoms with Gasteiger partial charge in [0.2, 0.25) is 0 Å². The molecule has 0 aliphatic heterocycles. The van der Waals surface area contributed by atoms with Gasteiger partial charge in [0.25, 0.3) is 0 Å². The van der Waals surface area contributed by atoms with E-state index in [1.807, 2.05) is 6.07 Å². The fourth-order valence-corrected chi connectivity index (χ4v) is 3.64. The Labute approximate surface area is 121 Å². The third kappa shape index (κ3) is 2.84. The summed E-state index contributed by atoms with van der Waals surface area (Å²) in [5, 5.41) is 13.7. The summed E-state index contributed by atoms with van der Waals surface area (Å²) in [7, 11) is 1.72. The van der Waals surface area contributed by atoms with Crippen LogP contribution in [0.3, 0.4) is 0 Å². The molecule has 3 nitrogen and oxygen atoms in total. The molecule has 3 rings (SSSR count). The number of aliphatic hydroxyl groups is 1. The van der Waals surface area contributed by atoms with Gasteiger partial charge in [-0.1, -0.05) is 18.9 Å². The molecule has 20 heavy (non-hydrogen) atoms. The van der Waals surface area contributed by atoms with Crippen LogP contribution in [-0.2, 0) is 6.42 Å². The van der Waals surface area contributed by atoms with E-state index in [-0.39, 0.29) is 6.10 Å². The molecule has 110 valence electrons. The number of fused-ring (bicyclic) bond motifs is 1. The maximum absolute atomic E-state index is 10.1. The van der Waals surface area contributed by atoms with Gasteiger partial charge in [-0.3, -0.25) is 0 Å². The SMILES string of the molecule is COc1ccc2c(c1)C(NCC1CCCCC1O)CC2. The molecule has 1 fully saturated rings. The van der Waals surface area contributed by atoms with Gasteiger partial charge in [-0.15, -0.1) is 0 Å². The van der Waals surface area contributed by atoms with Crippen LogP contribution in [0.2, 0.25) is 0 Å². The summed E-state index contributed by atoms with van der Waals surface area (Å²) >= 11 is 0. The number of hydrogen-bond donors (Lipinski definition) is 2. The lowest BCUT2D eigenvalue weighted by molar-refractivity contribution is 0.0681. The van der Waals surface area contributed by atoms with Gasteiger partial charge in [0.15, 0.2) is 0 Å². The zero-order chi connectivity index (χ0) is 13.9. The van der Waals surface area contributed by atoms with Crippen LogP contribution in [0.25, 0.3) is 0 Å². The highest BCUT2D eigenvalue weighted by Crippen LogP contribution is 2.34. The number of hydrogen-bond acceptors (Lipinski definition) is 3. The Morgan fingerprint density at radius 2 is 2.10 bits per heavy atom.